The molecule has 0 spiro atoms. The molecule has 1 amide bonds. The van der Waals surface area contributed by atoms with Crippen molar-refractivity contribution in [2.45, 2.75) is 0 Å². The summed E-state index contributed by atoms with van der Waals surface area (Å²) in [5.74, 6) is 0.559. The molecular weight excluding hydrogens is 320 g/mol. The second kappa shape index (κ2) is 8.30. The lowest BCUT2D eigenvalue weighted by atomic mass is 10.3. The molecule has 122 valence electrons. The van der Waals surface area contributed by atoms with Crippen LogP contribution in [-0.4, -0.2) is 43.2 Å². The summed E-state index contributed by atoms with van der Waals surface area (Å²) in [6.07, 6.45) is 1.50. The summed E-state index contributed by atoms with van der Waals surface area (Å²) in [6.45, 7) is 0.839. The minimum Gasteiger partial charge on any atom is -0.495 e. The molecule has 0 aliphatic heterocycles. The van der Waals surface area contributed by atoms with Gasteiger partial charge in [0.15, 0.2) is 0 Å². The first kappa shape index (κ1) is 17.0. The lowest BCUT2D eigenvalue weighted by Crippen LogP contribution is -2.27. The summed E-state index contributed by atoms with van der Waals surface area (Å²) >= 11 is 5.98. The van der Waals surface area contributed by atoms with Crippen LogP contribution in [0, 0.1) is 0 Å². The molecule has 7 nitrogen and oxygen atoms in total. The van der Waals surface area contributed by atoms with E-state index >= 15 is 0 Å². The molecule has 8 heteroatoms. The number of carbonyl (C=O) groups excluding carboxylic acids is 1. The van der Waals surface area contributed by atoms with Crippen LogP contribution in [-0.2, 0) is 4.74 Å². The highest BCUT2D eigenvalue weighted by Crippen LogP contribution is 2.29. The van der Waals surface area contributed by atoms with Crippen molar-refractivity contribution in [2.24, 2.45) is 0 Å². The SMILES string of the molecule is COCCNC(=O)c1ccnc(Nc2cc(Cl)ccc2OC)n1. The fourth-order valence-corrected chi connectivity index (χ4v) is 1.97. The van der Waals surface area contributed by atoms with Crippen molar-refractivity contribution < 1.29 is 14.3 Å². The monoisotopic (exact) mass is 336 g/mol. The number of anilines is 2. The quantitative estimate of drug-likeness (QED) is 0.754. The summed E-state index contributed by atoms with van der Waals surface area (Å²) in [5.41, 5.74) is 0.858. The van der Waals surface area contributed by atoms with E-state index in [0.717, 1.165) is 0 Å². The van der Waals surface area contributed by atoms with E-state index in [0.29, 0.717) is 29.6 Å². The molecule has 2 N–H and O–H groups in total. The third-order valence-corrected chi connectivity index (χ3v) is 3.12. The van der Waals surface area contributed by atoms with E-state index in [1.165, 1.54) is 12.3 Å². The largest absolute Gasteiger partial charge is 0.495 e. The van der Waals surface area contributed by atoms with Gasteiger partial charge in [0.25, 0.3) is 5.91 Å². The molecule has 1 aromatic carbocycles. The van der Waals surface area contributed by atoms with Gasteiger partial charge >= 0.3 is 0 Å². The van der Waals surface area contributed by atoms with Crippen LogP contribution in [0.1, 0.15) is 10.5 Å². The molecular formula is C15H17ClN4O3. The molecule has 0 unspecified atom stereocenters. The Morgan fingerprint density at radius 1 is 1.30 bits per heavy atom. The number of carbonyl (C=O) groups is 1. The van der Waals surface area contributed by atoms with Gasteiger partial charge in [0, 0.05) is 24.9 Å². The van der Waals surface area contributed by atoms with E-state index < -0.39 is 0 Å². The zero-order chi connectivity index (χ0) is 16.7. The Balaban J connectivity index is 2.14. The lowest BCUT2D eigenvalue weighted by Gasteiger charge is -2.11. The number of benzene rings is 1. The third kappa shape index (κ3) is 4.80. The summed E-state index contributed by atoms with van der Waals surface area (Å²) in [5, 5.41) is 6.23. The first-order valence-corrected chi connectivity index (χ1v) is 7.22. The van der Waals surface area contributed by atoms with Crippen molar-refractivity contribution in [3.05, 3.63) is 41.2 Å². The van der Waals surface area contributed by atoms with Gasteiger partial charge in [0.05, 0.1) is 19.4 Å². The van der Waals surface area contributed by atoms with E-state index in [9.17, 15) is 4.79 Å². The third-order valence-electron chi connectivity index (χ3n) is 2.89. The first-order valence-electron chi connectivity index (χ1n) is 6.85. The molecule has 0 saturated carbocycles. The lowest BCUT2D eigenvalue weighted by molar-refractivity contribution is 0.0932. The molecule has 0 radical (unpaired) electrons. The number of nitrogens with zero attached hydrogens (tertiary/aromatic N) is 2. The fourth-order valence-electron chi connectivity index (χ4n) is 1.80. The predicted octanol–water partition coefficient (Wildman–Crippen LogP) is 2.26. The average molecular weight is 337 g/mol. The Kier molecular flexibility index (Phi) is 6.13. The van der Waals surface area contributed by atoms with E-state index in [1.807, 2.05) is 0 Å². The second-order valence-electron chi connectivity index (χ2n) is 4.48. The number of halogens is 1. The van der Waals surface area contributed by atoms with Crippen molar-refractivity contribution in [2.75, 3.05) is 32.7 Å². The Hall–Kier alpha value is -2.38. The van der Waals surface area contributed by atoms with Crippen LogP contribution < -0.4 is 15.4 Å². The molecule has 2 rings (SSSR count). The van der Waals surface area contributed by atoms with Gasteiger partial charge in [-0.05, 0) is 24.3 Å². The van der Waals surface area contributed by atoms with Crippen LogP contribution in [0.4, 0.5) is 11.6 Å². The van der Waals surface area contributed by atoms with E-state index in [4.69, 9.17) is 21.1 Å². The van der Waals surface area contributed by atoms with Gasteiger partial charge in [0.1, 0.15) is 11.4 Å². The molecule has 0 bridgehead atoms. The van der Waals surface area contributed by atoms with Gasteiger partial charge in [-0.15, -0.1) is 0 Å². The van der Waals surface area contributed by atoms with E-state index in [2.05, 4.69) is 20.6 Å². The van der Waals surface area contributed by atoms with Crippen LogP contribution >= 0.6 is 11.6 Å². The maximum atomic E-state index is 12.0. The average Bonchev–Trinajstić information content (AvgIpc) is 2.55. The van der Waals surface area contributed by atoms with Gasteiger partial charge in [-0.2, -0.15) is 0 Å². The Labute approximate surface area is 139 Å². The molecule has 23 heavy (non-hydrogen) atoms. The van der Waals surface area contributed by atoms with Crippen LogP contribution in [0.5, 0.6) is 5.75 Å². The number of hydrogen-bond acceptors (Lipinski definition) is 6. The Morgan fingerprint density at radius 3 is 2.87 bits per heavy atom. The van der Waals surface area contributed by atoms with Crippen molar-refractivity contribution in [3.8, 4) is 5.75 Å². The zero-order valence-electron chi connectivity index (χ0n) is 12.8. The van der Waals surface area contributed by atoms with Crippen LogP contribution in [0.2, 0.25) is 5.02 Å². The van der Waals surface area contributed by atoms with Gasteiger partial charge in [0.2, 0.25) is 5.95 Å². The normalized spacial score (nSPS) is 10.2. The molecule has 1 heterocycles. The highest BCUT2D eigenvalue weighted by atomic mass is 35.5. The van der Waals surface area contributed by atoms with Crippen LogP contribution in [0.15, 0.2) is 30.5 Å². The smallest absolute Gasteiger partial charge is 0.270 e. The standard InChI is InChI=1S/C15H17ClN4O3/c1-22-8-7-17-14(21)11-5-6-18-15(19-11)20-12-9-10(16)3-4-13(12)23-2/h3-6,9H,7-8H2,1-2H3,(H,17,21)(H,18,19,20). The molecule has 0 atom stereocenters. The van der Waals surface area contributed by atoms with Crippen molar-refractivity contribution in [1.29, 1.82) is 0 Å². The maximum Gasteiger partial charge on any atom is 0.270 e. The second-order valence-corrected chi connectivity index (χ2v) is 4.92. The molecule has 0 fully saturated rings. The summed E-state index contributed by atoms with van der Waals surface area (Å²) < 4.78 is 10.1. The number of nitrogens with one attached hydrogen (secondary N) is 2. The highest BCUT2D eigenvalue weighted by Gasteiger charge is 2.10. The number of amides is 1. The topological polar surface area (TPSA) is 85.4 Å². The predicted molar refractivity (Wildman–Crippen MR) is 87.5 cm³/mol. The maximum absolute atomic E-state index is 12.0. The Bertz CT molecular complexity index is 682. The molecule has 0 aliphatic rings. The summed E-state index contributed by atoms with van der Waals surface area (Å²) in [7, 11) is 3.12. The van der Waals surface area contributed by atoms with E-state index in [-0.39, 0.29) is 17.5 Å². The van der Waals surface area contributed by atoms with E-state index in [1.54, 1.807) is 32.4 Å². The van der Waals surface area contributed by atoms with Gasteiger partial charge in [-0.3, -0.25) is 4.79 Å². The van der Waals surface area contributed by atoms with Gasteiger partial charge in [-0.1, -0.05) is 11.6 Å². The Morgan fingerprint density at radius 2 is 2.13 bits per heavy atom. The highest BCUT2D eigenvalue weighted by molar-refractivity contribution is 6.31. The molecule has 0 saturated heterocycles. The zero-order valence-corrected chi connectivity index (χ0v) is 13.6. The molecule has 1 aromatic heterocycles. The number of rotatable bonds is 7. The van der Waals surface area contributed by atoms with Crippen LogP contribution in [0.25, 0.3) is 0 Å². The molecule has 0 aliphatic carbocycles. The van der Waals surface area contributed by atoms with Crippen molar-refractivity contribution >= 4 is 29.1 Å². The minimum absolute atomic E-state index is 0.250. The van der Waals surface area contributed by atoms with Crippen molar-refractivity contribution in [1.82, 2.24) is 15.3 Å². The van der Waals surface area contributed by atoms with Crippen LogP contribution in [0.3, 0.4) is 0 Å². The number of hydrogen-bond donors (Lipinski definition) is 2. The fraction of sp³-hybridized carbons (Fsp3) is 0.267. The summed E-state index contributed by atoms with van der Waals surface area (Å²) in [6, 6.07) is 6.66. The van der Waals surface area contributed by atoms with Gasteiger partial charge < -0.3 is 20.1 Å². The summed E-state index contributed by atoms with van der Waals surface area (Å²) in [4.78, 5) is 20.2. The number of methoxy groups -OCH3 is 2. The van der Waals surface area contributed by atoms with Gasteiger partial charge in [-0.25, -0.2) is 9.97 Å². The number of aromatic nitrogens is 2. The minimum atomic E-state index is -0.300. The van der Waals surface area contributed by atoms with Crippen molar-refractivity contribution in [3.63, 3.8) is 0 Å². The first-order chi connectivity index (χ1) is 11.1. The molecule has 2 aromatic rings. The number of ether oxygens (including phenoxy) is 2.